The molecule has 25 heavy (non-hydrogen) atoms. The van der Waals surface area contributed by atoms with Gasteiger partial charge in [-0.1, -0.05) is 0 Å². The summed E-state index contributed by atoms with van der Waals surface area (Å²) in [6.07, 6.45) is 1.60. The molecule has 1 amide bonds. The molecule has 0 unspecified atom stereocenters. The van der Waals surface area contributed by atoms with E-state index in [1.165, 1.54) is 24.3 Å². The number of amides is 1. The molecule has 0 spiro atoms. The minimum absolute atomic E-state index is 0.199. The molecule has 0 fully saturated rings. The van der Waals surface area contributed by atoms with Crippen molar-refractivity contribution < 1.29 is 18.7 Å². The van der Waals surface area contributed by atoms with Gasteiger partial charge in [0.25, 0.3) is 5.91 Å². The summed E-state index contributed by atoms with van der Waals surface area (Å²) < 4.78 is 25.3. The van der Waals surface area contributed by atoms with Crippen LogP contribution in [0.15, 0.2) is 35.4 Å². The lowest BCUT2D eigenvalue weighted by Gasteiger charge is -2.08. The molecule has 7 heteroatoms. The quantitative estimate of drug-likeness (QED) is 0.589. The Morgan fingerprint density at radius 3 is 2.72 bits per heavy atom. The number of halogens is 1. The molecular weight excluding hydrogens is 325 g/mol. The lowest BCUT2D eigenvalue weighted by molar-refractivity contribution is -0.123. The van der Waals surface area contributed by atoms with Crippen LogP contribution in [-0.4, -0.2) is 37.0 Å². The number of aryl methyl sites for hydroxylation is 1. The Morgan fingerprint density at radius 2 is 2.04 bits per heavy atom. The summed E-state index contributed by atoms with van der Waals surface area (Å²) in [7, 11) is 1.67. The molecular formula is C18H22FN3O3. The van der Waals surface area contributed by atoms with E-state index in [0.29, 0.717) is 12.4 Å². The summed E-state index contributed by atoms with van der Waals surface area (Å²) >= 11 is 0. The van der Waals surface area contributed by atoms with Gasteiger partial charge in [-0.05, 0) is 44.2 Å². The molecule has 0 atom stereocenters. The van der Waals surface area contributed by atoms with Gasteiger partial charge in [-0.15, -0.1) is 0 Å². The van der Waals surface area contributed by atoms with Crippen LogP contribution in [0.25, 0.3) is 0 Å². The zero-order chi connectivity index (χ0) is 18.2. The van der Waals surface area contributed by atoms with Crippen LogP contribution in [0.1, 0.15) is 17.0 Å². The fraction of sp³-hybridized carbons (Fsp3) is 0.333. The normalized spacial score (nSPS) is 11.0. The Bertz CT molecular complexity index is 739. The molecule has 6 nitrogen and oxygen atoms in total. The van der Waals surface area contributed by atoms with Gasteiger partial charge in [0.15, 0.2) is 6.61 Å². The molecule has 1 aromatic carbocycles. The average Bonchev–Trinajstić information content (AvgIpc) is 2.86. The maximum absolute atomic E-state index is 12.8. The third-order valence-corrected chi connectivity index (χ3v) is 3.71. The van der Waals surface area contributed by atoms with E-state index < -0.39 is 5.91 Å². The lowest BCUT2D eigenvalue weighted by Crippen LogP contribution is -2.24. The van der Waals surface area contributed by atoms with Crippen LogP contribution in [0.2, 0.25) is 0 Å². The number of nitrogens with zero attached hydrogens (tertiary/aromatic N) is 2. The van der Waals surface area contributed by atoms with Crippen LogP contribution in [0.3, 0.4) is 0 Å². The van der Waals surface area contributed by atoms with Gasteiger partial charge in [-0.3, -0.25) is 4.79 Å². The van der Waals surface area contributed by atoms with Crippen molar-refractivity contribution in [2.75, 3.05) is 20.3 Å². The number of hydrogen-bond acceptors (Lipinski definition) is 4. The van der Waals surface area contributed by atoms with Gasteiger partial charge in [0.1, 0.15) is 11.6 Å². The predicted molar refractivity (Wildman–Crippen MR) is 93.4 cm³/mol. The summed E-state index contributed by atoms with van der Waals surface area (Å²) in [5, 5.41) is 3.95. The van der Waals surface area contributed by atoms with E-state index in [-0.39, 0.29) is 12.4 Å². The van der Waals surface area contributed by atoms with E-state index in [4.69, 9.17) is 9.47 Å². The minimum Gasteiger partial charge on any atom is -0.484 e. The number of methoxy groups -OCH3 is 1. The van der Waals surface area contributed by atoms with Crippen molar-refractivity contribution in [1.29, 1.82) is 0 Å². The van der Waals surface area contributed by atoms with E-state index >= 15 is 0 Å². The number of rotatable bonds is 8. The molecule has 0 saturated carbocycles. The van der Waals surface area contributed by atoms with Crippen molar-refractivity contribution >= 4 is 12.1 Å². The summed E-state index contributed by atoms with van der Waals surface area (Å²) in [6, 6.07) is 7.45. The number of carbonyl (C=O) groups excluding carboxylic acids is 1. The van der Waals surface area contributed by atoms with Crippen molar-refractivity contribution in [3.05, 3.63) is 53.1 Å². The Balaban J connectivity index is 1.85. The molecule has 0 aliphatic rings. The second-order valence-electron chi connectivity index (χ2n) is 5.51. The van der Waals surface area contributed by atoms with Gasteiger partial charge in [-0.2, -0.15) is 5.10 Å². The molecule has 1 heterocycles. The molecule has 2 rings (SSSR count). The maximum atomic E-state index is 12.8. The fourth-order valence-electron chi connectivity index (χ4n) is 2.37. The van der Waals surface area contributed by atoms with E-state index in [0.717, 1.165) is 23.5 Å². The third kappa shape index (κ3) is 5.42. The zero-order valence-corrected chi connectivity index (χ0v) is 14.6. The number of aromatic nitrogens is 1. The molecule has 0 bridgehead atoms. The monoisotopic (exact) mass is 347 g/mol. The van der Waals surface area contributed by atoms with Gasteiger partial charge < -0.3 is 14.0 Å². The summed E-state index contributed by atoms with van der Waals surface area (Å²) in [5.74, 6) is -0.333. The van der Waals surface area contributed by atoms with E-state index in [1.807, 2.05) is 19.9 Å². The molecule has 0 aliphatic heterocycles. The molecule has 0 aliphatic carbocycles. The summed E-state index contributed by atoms with van der Waals surface area (Å²) in [5.41, 5.74) is 5.48. The fourth-order valence-corrected chi connectivity index (χ4v) is 2.37. The van der Waals surface area contributed by atoms with Crippen molar-refractivity contribution in [2.45, 2.75) is 20.4 Å². The highest BCUT2D eigenvalue weighted by Crippen LogP contribution is 2.13. The van der Waals surface area contributed by atoms with Gasteiger partial charge in [0.05, 0.1) is 12.8 Å². The first-order valence-corrected chi connectivity index (χ1v) is 7.87. The topological polar surface area (TPSA) is 64.8 Å². The Hall–Kier alpha value is -2.67. The standard InChI is InChI=1S/C18H22FN3O3/c1-13-10-15(14(2)22(13)8-9-24-3)11-20-21-18(23)12-25-17-6-4-16(19)5-7-17/h4-7,10-11H,8-9,12H2,1-3H3,(H,21,23)/b20-11-. The van der Waals surface area contributed by atoms with Gasteiger partial charge in [-0.25, -0.2) is 9.82 Å². The van der Waals surface area contributed by atoms with E-state index in [2.05, 4.69) is 15.1 Å². The number of nitrogens with one attached hydrogen (secondary N) is 1. The highest BCUT2D eigenvalue weighted by atomic mass is 19.1. The van der Waals surface area contributed by atoms with Crippen LogP contribution in [0.4, 0.5) is 4.39 Å². The van der Waals surface area contributed by atoms with Crippen molar-refractivity contribution in [3.8, 4) is 5.75 Å². The first kappa shape index (κ1) is 18.7. The second-order valence-corrected chi connectivity index (χ2v) is 5.51. The van der Waals surface area contributed by atoms with Crippen LogP contribution in [0, 0.1) is 19.7 Å². The number of hydrazone groups is 1. The van der Waals surface area contributed by atoms with Gasteiger partial charge >= 0.3 is 0 Å². The largest absolute Gasteiger partial charge is 0.484 e. The van der Waals surface area contributed by atoms with Crippen LogP contribution >= 0.6 is 0 Å². The molecule has 0 saturated heterocycles. The lowest BCUT2D eigenvalue weighted by atomic mass is 10.3. The van der Waals surface area contributed by atoms with Gasteiger partial charge in [0, 0.05) is 30.6 Å². The Labute approximate surface area is 146 Å². The zero-order valence-electron chi connectivity index (χ0n) is 14.6. The molecule has 0 radical (unpaired) electrons. The van der Waals surface area contributed by atoms with Crippen LogP contribution in [-0.2, 0) is 16.1 Å². The molecule has 1 N–H and O–H groups in total. The number of benzene rings is 1. The second kappa shape index (κ2) is 8.98. The Morgan fingerprint density at radius 1 is 1.32 bits per heavy atom. The van der Waals surface area contributed by atoms with Crippen LogP contribution < -0.4 is 10.2 Å². The van der Waals surface area contributed by atoms with Gasteiger partial charge in [0.2, 0.25) is 0 Å². The van der Waals surface area contributed by atoms with E-state index in [9.17, 15) is 9.18 Å². The maximum Gasteiger partial charge on any atom is 0.277 e. The highest BCUT2D eigenvalue weighted by Gasteiger charge is 2.07. The number of hydrogen-bond donors (Lipinski definition) is 1. The smallest absolute Gasteiger partial charge is 0.277 e. The van der Waals surface area contributed by atoms with Crippen molar-refractivity contribution in [2.24, 2.45) is 5.10 Å². The summed E-state index contributed by atoms with van der Waals surface area (Å²) in [4.78, 5) is 11.7. The minimum atomic E-state index is -0.395. The summed E-state index contributed by atoms with van der Waals surface area (Å²) in [6.45, 7) is 5.19. The number of ether oxygens (including phenoxy) is 2. The van der Waals surface area contributed by atoms with Crippen LogP contribution in [0.5, 0.6) is 5.75 Å². The SMILES string of the molecule is COCCn1c(C)cc(/C=N\NC(=O)COc2ccc(F)cc2)c1C. The van der Waals surface area contributed by atoms with E-state index in [1.54, 1.807) is 13.3 Å². The predicted octanol–water partition coefficient (Wildman–Crippen LogP) is 2.42. The molecule has 2 aromatic rings. The Kier molecular flexibility index (Phi) is 6.71. The third-order valence-electron chi connectivity index (χ3n) is 3.71. The molecule has 134 valence electrons. The van der Waals surface area contributed by atoms with Crippen molar-refractivity contribution in [3.63, 3.8) is 0 Å². The average molecular weight is 347 g/mol. The first-order valence-electron chi connectivity index (χ1n) is 7.87. The number of carbonyl (C=O) groups is 1. The molecule has 1 aromatic heterocycles. The first-order chi connectivity index (χ1) is 12.0. The van der Waals surface area contributed by atoms with Crippen molar-refractivity contribution in [1.82, 2.24) is 9.99 Å². The highest BCUT2D eigenvalue weighted by molar-refractivity contribution is 5.84.